The molecule has 0 unspecified atom stereocenters. The highest BCUT2D eigenvalue weighted by molar-refractivity contribution is 5.73. The number of nitrogens with zero attached hydrogens (tertiary/aromatic N) is 5. The highest BCUT2D eigenvalue weighted by atomic mass is 16.2. The van der Waals surface area contributed by atoms with Crippen molar-refractivity contribution in [2.24, 2.45) is 0 Å². The van der Waals surface area contributed by atoms with Gasteiger partial charge in [-0.15, -0.1) is 0 Å². The summed E-state index contributed by atoms with van der Waals surface area (Å²) in [5.41, 5.74) is 0.391. The summed E-state index contributed by atoms with van der Waals surface area (Å²) in [5.74, 6) is 0. The molecule has 0 spiro atoms. The number of carbonyl (C=O) groups excluding carboxylic acids is 1. The van der Waals surface area contributed by atoms with E-state index in [2.05, 4.69) is 56.4 Å². The summed E-state index contributed by atoms with van der Waals surface area (Å²) in [7, 11) is 1.92. The number of urea groups is 1. The van der Waals surface area contributed by atoms with Gasteiger partial charge in [-0.25, -0.2) is 9.80 Å². The molecule has 2 heterocycles. The lowest BCUT2D eigenvalue weighted by Crippen LogP contribution is -2.62. The quantitative estimate of drug-likeness (QED) is 0.729. The summed E-state index contributed by atoms with van der Waals surface area (Å²) in [6.07, 6.45) is 0. The van der Waals surface area contributed by atoms with Crippen LogP contribution in [0.4, 0.5) is 4.79 Å². The van der Waals surface area contributed by atoms with Gasteiger partial charge in [0.05, 0.1) is 0 Å². The van der Waals surface area contributed by atoms with Gasteiger partial charge in [-0.2, -0.15) is 0 Å². The smallest absolute Gasteiger partial charge is 0.321 e. The Labute approximate surface area is 148 Å². The summed E-state index contributed by atoms with van der Waals surface area (Å²) in [4.78, 5) is 19.8. The molecule has 0 atom stereocenters. The van der Waals surface area contributed by atoms with Crippen molar-refractivity contribution in [2.45, 2.75) is 52.6 Å². The lowest BCUT2D eigenvalue weighted by Gasteiger charge is -2.47. The van der Waals surface area contributed by atoms with Gasteiger partial charge >= 0.3 is 6.03 Å². The molecule has 0 aliphatic carbocycles. The first-order valence-electron chi connectivity index (χ1n) is 9.28. The molecule has 2 saturated heterocycles. The van der Waals surface area contributed by atoms with E-state index in [-0.39, 0.29) is 17.1 Å². The fourth-order valence-electron chi connectivity index (χ4n) is 3.56. The molecular formula is C18H37N5O. The van der Waals surface area contributed by atoms with Gasteiger partial charge in [0.15, 0.2) is 0 Å². The van der Waals surface area contributed by atoms with Crippen molar-refractivity contribution in [2.75, 3.05) is 59.4 Å². The van der Waals surface area contributed by atoms with Crippen LogP contribution in [0.15, 0.2) is 0 Å². The Morgan fingerprint density at radius 2 is 1.08 bits per heavy atom. The number of rotatable bonds is 1. The highest BCUT2D eigenvalue weighted by Gasteiger charge is 2.32. The molecule has 6 nitrogen and oxygen atoms in total. The molecule has 0 aromatic carbocycles. The summed E-state index contributed by atoms with van der Waals surface area (Å²) < 4.78 is 0. The van der Waals surface area contributed by atoms with Gasteiger partial charge < -0.3 is 4.90 Å². The lowest BCUT2D eigenvalue weighted by molar-refractivity contribution is -0.0415. The van der Waals surface area contributed by atoms with Gasteiger partial charge in [0.1, 0.15) is 0 Å². The molecule has 0 radical (unpaired) electrons. The van der Waals surface area contributed by atoms with Crippen molar-refractivity contribution in [1.29, 1.82) is 0 Å². The van der Waals surface area contributed by atoms with Crippen molar-refractivity contribution in [1.82, 2.24) is 24.7 Å². The van der Waals surface area contributed by atoms with Crippen molar-refractivity contribution in [3.05, 3.63) is 0 Å². The average Bonchev–Trinajstić information content (AvgIpc) is 2.52. The Hall–Kier alpha value is -0.850. The Morgan fingerprint density at radius 3 is 1.46 bits per heavy atom. The lowest BCUT2D eigenvalue weighted by atomic mass is 10.1. The monoisotopic (exact) mass is 339 g/mol. The molecular weight excluding hydrogens is 302 g/mol. The third-order valence-electron chi connectivity index (χ3n) is 5.40. The second-order valence-corrected chi connectivity index (χ2v) is 9.06. The van der Waals surface area contributed by atoms with Gasteiger partial charge in [-0.1, -0.05) is 0 Å². The van der Waals surface area contributed by atoms with Crippen molar-refractivity contribution >= 4 is 6.03 Å². The molecule has 2 rings (SSSR count). The first-order chi connectivity index (χ1) is 11.0. The van der Waals surface area contributed by atoms with E-state index < -0.39 is 0 Å². The van der Waals surface area contributed by atoms with Gasteiger partial charge in [0.2, 0.25) is 0 Å². The van der Waals surface area contributed by atoms with Gasteiger partial charge in [-0.05, 0) is 41.5 Å². The van der Waals surface area contributed by atoms with Gasteiger partial charge in [0.25, 0.3) is 0 Å². The number of hydrazine groups is 1. The molecule has 0 N–H and O–H groups in total. The van der Waals surface area contributed by atoms with Crippen LogP contribution in [-0.2, 0) is 0 Å². The zero-order valence-electron chi connectivity index (χ0n) is 16.8. The van der Waals surface area contributed by atoms with Crippen LogP contribution < -0.4 is 0 Å². The first kappa shape index (κ1) is 19.5. The summed E-state index contributed by atoms with van der Waals surface area (Å²) in [6, 6.07) is 0.146. The van der Waals surface area contributed by atoms with Crippen molar-refractivity contribution in [3.8, 4) is 0 Å². The molecule has 140 valence electrons. The number of amides is 2. The van der Waals surface area contributed by atoms with E-state index in [1.807, 2.05) is 17.0 Å². The zero-order valence-corrected chi connectivity index (χ0v) is 16.8. The third kappa shape index (κ3) is 4.61. The maximum absolute atomic E-state index is 12.8. The fourth-order valence-corrected chi connectivity index (χ4v) is 3.56. The zero-order chi connectivity index (χ0) is 18.1. The van der Waals surface area contributed by atoms with Crippen LogP contribution >= 0.6 is 0 Å². The molecule has 0 aromatic rings. The first-order valence-corrected chi connectivity index (χ1v) is 9.28. The van der Waals surface area contributed by atoms with Crippen LogP contribution in [0.3, 0.4) is 0 Å². The topological polar surface area (TPSA) is 33.3 Å². The van der Waals surface area contributed by atoms with Crippen molar-refractivity contribution < 1.29 is 4.79 Å². The number of piperazine rings is 2. The van der Waals surface area contributed by atoms with E-state index >= 15 is 0 Å². The summed E-state index contributed by atoms with van der Waals surface area (Å²) in [6.45, 7) is 20.9. The van der Waals surface area contributed by atoms with Gasteiger partial charge in [0, 0.05) is 70.5 Å². The molecule has 0 saturated carbocycles. The fraction of sp³-hybridized carbons (Fsp3) is 0.944. The van der Waals surface area contributed by atoms with Crippen LogP contribution in [0, 0.1) is 0 Å². The van der Waals surface area contributed by atoms with Crippen molar-refractivity contribution in [3.63, 3.8) is 0 Å². The van der Waals surface area contributed by atoms with E-state index in [9.17, 15) is 4.79 Å². The van der Waals surface area contributed by atoms with Crippen LogP contribution in [0.25, 0.3) is 0 Å². The second-order valence-electron chi connectivity index (χ2n) is 9.06. The third-order valence-corrected chi connectivity index (χ3v) is 5.40. The SMILES string of the molecule is CN(C(=O)N1CCN(C(C)(C)C)CC1)N1CCN(C(C)(C)C)CC1. The Kier molecular flexibility index (Phi) is 5.83. The number of hydrogen-bond donors (Lipinski definition) is 0. The van der Waals surface area contributed by atoms with E-state index in [4.69, 9.17) is 0 Å². The molecule has 24 heavy (non-hydrogen) atoms. The molecule has 2 aliphatic rings. The minimum absolute atomic E-state index is 0.146. The molecule has 2 fully saturated rings. The largest absolute Gasteiger partial charge is 0.334 e. The predicted molar refractivity (Wildman–Crippen MR) is 99.0 cm³/mol. The van der Waals surface area contributed by atoms with Crippen LogP contribution in [0.5, 0.6) is 0 Å². The summed E-state index contributed by atoms with van der Waals surface area (Å²) in [5, 5.41) is 4.04. The Bertz CT molecular complexity index is 424. The number of carbonyl (C=O) groups is 1. The average molecular weight is 340 g/mol. The molecule has 6 heteroatoms. The van der Waals surface area contributed by atoms with Gasteiger partial charge in [-0.3, -0.25) is 14.8 Å². The maximum Gasteiger partial charge on any atom is 0.334 e. The standard InChI is InChI=1S/C18H37N5O/c1-17(2,3)21-10-8-20(9-11-21)16(24)19(7)23-14-12-22(13-15-23)18(4,5)6/h8-15H2,1-7H3. The van der Waals surface area contributed by atoms with E-state index in [0.29, 0.717) is 0 Å². The van der Waals surface area contributed by atoms with Crippen LogP contribution in [0.2, 0.25) is 0 Å². The number of hydrogen-bond acceptors (Lipinski definition) is 4. The molecule has 2 aliphatic heterocycles. The molecule has 2 amide bonds. The Morgan fingerprint density at radius 1 is 0.708 bits per heavy atom. The predicted octanol–water partition coefficient (Wildman–Crippen LogP) is 1.79. The maximum atomic E-state index is 12.8. The normalized spacial score (nSPS) is 22.7. The van der Waals surface area contributed by atoms with E-state index in [1.165, 1.54) is 0 Å². The molecule has 0 aromatic heterocycles. The second kappa shape index (κ2) is 7.18. The molecule has 0 bridgehead atoms. The van der Waals surface area contributed by atoms with Crippen LogP contribution in [-0.4, -0.2) is 101 Å². The van der Waals surface area contributed by atoms with Crippen LogP contribution in [0.1, 0.15) is 41.5 Å². The summed E-state index contributed by atoms with van der Waals surface area (Å²) >= 11 is 0. The van der Waals surface area contributed by atoms with E-state index in [0.717, 1.165) is 52.4 Å². The highest BCUT2D eigenvalue weighted by Crippen LogP contribution is 2.19. The minimum Gasteiger partial charge on any atom is -0.321 e. The minimum atomic E-state index is 0.146. The van der Waals surface area contributed by atoms with E-state index in [1.54, 1.807) is 0 Å². The Balaban J connectivity index is 1.83.